The largest absolute Gasteiger partial charge is 0.489 e. The number of hydrogen-bond acceptors (Lipinski definition) is 5. The van der Waals surface area contributed by atoms with Crippen molar-refractivity contribution in [2.75, 3.05) is 6.61 Å². The topological polar surface area (TPSA) is 65.1 Å². The quantitative estimate of drug-likeness (QED) is 0.361. The molecule has 0 amide bonds. The Balaban J connectivity index is 1.55. The minimum atomic E-state index is -0.397. The third kappa shape index (κ3) is 3.15. The van der Waals surface area contributed by atoms with E-state index in [1.165, 1.54) is 11.6 Å². The fourth-order valence-electron chi connectivity index (χ4n) is 3.29. The fraction of sp³-hybridized carbons (Fsp3) is 0.381. The van der Waals surface area contributed by atoms with Gasteiger partial charge in [0.05, 0.1) is 22.6 Å². The minimum Gasteiger partial charge on any atom is -0.489 e. The van der Waals surface area contributed by atoms with Crippen molar-refractivity contribution in [1.82, 2.24) is 0 Å². The van der Waals surface area contributed by atoms with Crippen LogP contribution < -0.4 is 10.4 Å². The molecule has 0 aliphatic carbocycles. The molecule has 1 saturated heterocycles. The van der Waals surface area contributed by atoms with Crippen molar-refractivity contribution >= 4 is 21.9 Å². The molecule has 3 aromatic rings. The maximum Gasteiger partial charge on any atom is 0.336 e. The van der Waals surface area contributed by atoms with Gasteiger partial charge in [-0.15, -0.1) is 0 Å². The molecule has 2 aromatic heterocycles. The second-order valence-corrected chi connectivity index (χ2v) is 7.25. The highest BCUT2D eigenvalue weighted by Crippen LogP contribution is 2.42. The Hall–Kier alpha value is -2.53. The molecule has 1 aromatic carbocycles. The summed E-state index contributed by atoms with van der Waals surface area (Å²) in [5, 5.41) is 1.61. The highest BCUT2D eigenvalue weighted by atomic mass is 16.6. The van der Waals surface area contributed by atoms with Crippen LogP contribution in [0.25, 0.3) is 21.9 Å². The molecule has 5 heteroatoms. The lowest BCUT2D eigenvalue weighted by atomic mass is 10.0. The van der Waals surface area contributed by atoms with E-state index in [9.17, 15) is 4.79 Å². The van der Waals surface area contributed by atoms with E-state index in [2.05, 4.69) is 26.8 Å². The molecule has 0 spiro atoms. The van der Waals surface area contributed by atoms with Crippen LogP contribution in [0.3, 0.4) is 0 Å². The summed E-state index contributed by atoms with van der Waals surface area (Å²) >= 11 is 0. The fourth-order valence-corrected chi connectivity index (χ4v) is 3.29. The van der Waals surface area contributed by atoms with Gasteiger partial charge in [0, 0.05) is 12.1 Å². The number of epoxide rings is 1. The van der Waals surface area contributed by atoms with Crippen LogP contribution in [0.4, 0.5) is 0 Å². The molecule has 0 bridgehead atoms. The smallest absolute Gasteiger partial charge is 0.336 e. The molecule has 2 atom stereocenters. The first-order chi connectivity index (χ1) is 12.5. The van der Waals surface area contributed by atoms with E-state index in [-0.39, 0.29) is 11.7 Å². The normalized spacial score (nSPS) is 21.9. The highest BCUT2D eigenvalue weighted by Gasteiger charge is 2.51. The molecule has 4 rings (SSSR count). The van der Waals surface area contributed by atoms with Gasteiger partial charge in [0.25, 0.3) is 0 Å². The van der Waals surface area contributed by atoms with Crippen molar-refractivity contribution < 1.29 is 18.3 Å². The SMILES string of the molecule is CC(C)=CCCC1(C)OC1COc1c2ccoc2cc2oc(=O)ccc12. The summed E-state index contributed by atoms with van der Waals surface area (Å²) in [6.45, 7) is 6.77. The summed E-state index contributed by atoms with van der Waals surface area (Å²) in [5.41, 5.74) is 1.87. The number of furan rings is 1. The standard InChI is InChI=1S/C21H22O5/c1-13(2)5-4-9-21(3)18(26-21)12-24-20-14-6-7-19(22)25-17(14)11-16-15(20)8-10-23-16/h5-8,10-11,18H,4,9,12H2,1-3H3. The van der Waals surface area contributed by atoms with Crippen molar-refractivity contribution in [3.63, 3.8) is 0 Å². The summed E-state index contributed by atoms with van der Waals surface area (Å²) in [6, 6.07) is 6.70. The van der Waals surface area contributed by atoms with Crippen molar-refractivity contribution in [3.05, 3.63) is 52.6 Å². The predicted octanol–water partition coefficient (Wildman–Crippen LogP) is 4.82. The maximum atomic E-state index is 11.5. The second kappa shape index (κ2) is 6.32. The average molecular weight is 354 g/mol. The Morgan fingerprint density at radius 1 is 1.23 bits per heavy atom. The minimum absolute atomic E-state index is 0.0565. The van der Waals surface area contributed by atoms with Crippen LogP contribution in [0.2, 0.25) is 0 Å². The van der Waals surface area contributed by atoms with E-state index < -0.39 is 5.63 Å². The van der Waals surface area contributed by atoms with Gasteiger partial charge in [0.2, 0.25) is 0 Å². The van der Waals surface area contributed by atoms with Crippen molar-refractivity contribution in [1.29, 1.82) is 0 Å². The number of allylic oxidation sites excluding steroid dienone is 2. The number of fused-ring (bicyclic) bond motifs is 2. The number of ether oxygens (including phenoxy) is 2. The third-order valence-electron chi connectivity index (χ3n) is 4.92. The molecule has 1 fully saturated rings. The zero-order chi connectivity index (χ0) is 18.3. The maximum absolute atomic E-state index is 11.5. The number of benzene rings is 1. The van der Waals surface area contributed by atoms with Gasteiger partial charge in [-0.2, -0.15) is 0 Å². The van der Waals surface area contributed by atoms with Gasteiger partial charge in [0.1, 0.15) is 29.6 Å². The monoisotopic (exact) mass is 354 g/mol. The zero-order valence-electron chi connectivity index (χ0n) is 15.2. The molecule has 1 aliphatic rings. The van der Waals surface area contributed by atoms with Gasteiger partial charge in [-0.1, -0.05) is 11.6 Å². The molecule has 26 heavy (non-hydrogen) atoms. The summed E-state index contributed by atoms with van der Waals surface area (Å²) < 4.78 is 22.7. The first-order valence-electron chi connectivity index (χ1n) is 8.84. The predicted molar refractivity (Wildman–Crippen MR) is 99.7 cm³/mol. The molecule has 2 unspecified atom stereocenters. The van der Waals surface area contributed by atoms with E-state index in [1.807, 2.05) is 6.07 Å². The Labute approximate surface area is 151 Å². The molecule has 0 saturated carbocycles. The third-order valence-corrected chi connectivity index (χ3v) is 4.92. The van der Waals surface area contributed by atoms with Gasteiger partial charge < -0.3 is 18.3 Å². The van der Waals surface area contributed by atoms with Crippen molar-refractivity contribution in [2.24, 2.45) is 0 Å². The van der Waals surface area contributed by atoms with Crippen LogP contribution in [0.5, 0.6) is 5.75 Å². The lowest BCUT2D eigenvalue weighted by Crippen LogP contribution is -2.16. The van der Waals surface area contributed by atoms with E-state index in [4.69, 9.17) is 18.3 Å². The van der Waals surface area contributed by atoms with Gasteiger partial charge in [-0.3, -0.25) is 0 Å². The van der Waals surface area contributed by atoms with E-state index in [0.717, 1.165) is 23.6 Å². The van der Waals surface area contributed by atoms with Crippen LogP contribution >= 0.6 is 0 Å². The Kier molecular flexibility index (Phi) is 4.11. The first kappa shape index (κ1) is 16.9. The average Bonchev–Trinajstić information content (AvgIpc) is 3.00. The zero-order valence-corrected chi connectivity index (χ0v) is 15.2. The van der Waals surface area contributed by atoms with Crippen LogP contribution in [-0.4, -0.2) is 18.3 Å². The van der Waals surface area contributed by atoms with E-state index in [1.54, 1.807) is 18.4 Å². The number of hydrogen-bond donors (Lipinski definition) is 0. The lowest BCUT2D eigenvalue weighted by molar-refractivity contribution is 0.252. The van der Waals surface area contributed by atoms with Gasteiger partial charge in [0.15, 0.2) is 0 Å². The van der Waals surface area contributed by atoms with Crippen LogP contribution in [0.1, 0.15) is 33.6 Å². The Bertz CT molecular complexity index is 1040. The van der Waals surface area contributed by atoms with Gasteiger partial charge in [-0.25, -0.2) is 4.79 Å². The Morgan fingerprint density at radius 2 is 2.04 bits per heavy atom. The molecule has 0 N–H and O–H groups in total. The molecule has 5 nitrogen and oxygen atoms in total. The summed E-state index contributed by atoms with van der Waals surface area (Å²) in [7, 11) is 0. The highest BCUT2D eigenvalue weighted by molar-refractivity contribution is 6.01. The van der Waals surface area contributed by atoms with Crippen LogP contribution in [0, 0.1) is 0 Å². The Morgan fingerprint density at radius 3 is 2.85 bits per heavy atom. The molecule has 3 heterocycles. The summed E-state index contributed by atoms with van der Waals surface area (Å²) in [4.78, 5) is 11.5. The van der Waals surface area contributed by atoms with Gasteiger partial charge in [-0.05, 0) is 45.7 Å². The number of rotatable bonds is 6. The second-order valence-electron chi connectivity index (χ2n) is 7.25. The summed E-state index contributed by atoms with van der Waals surface area (Å²) in [6.07, 6.45) is 5.86. The van der Waals surface area contributed by atoms with Crippen LogP contribution in [0.15, 0.2) is 55.8 Å². The van der Waals surface area contributed by atoms with E-state index in [0.29, 0.717) is 23.5 Å². The van der Waals surface area contributed by atoms with Crippen LogP contribution in [-0.2, 0) is 4.74 Å². The lowest BCUT2D eigenvalue weighted by Gasteiger charge is -2.10. The van der Waals surface area contributed by atoms with Crippen molar-refractivity contribution in [2.45, 2.75) is 45.3 Å². The molecular weight excluding hydrogens is 332 g/mol. The summed E-state index contributed by atoms with van der Waals surface area (Å²) in [5.74, 6) is 0.664. The first-order valence-corrected chi connectivity index (χ1v) is 8.84. The molecule has 0 radical (unpaired) electrons. The van der Waals surface area contributed by atoms with Crippen molar-refractivity contribution in [3.8, 4) is 5.75 Å². The van der Waals surface area contributed by atoms with E-state index >= 15 is 0 Å². The molecular formula is C21H22O5. The molecule has 136 valence electrons. The van der Waals surface area contributed by atoms with Gasteiger partial charge >= 0.3 is 5.63 Å². The molecule has 1 aliphatic heterocycles.